The quantitative estimate of drug-likeness (QED) is 0.152. The average molecular weight is 853 g/mol. The van der Waals surface area contributed by atoms with Gasteiger partial charge in [0.05, 0.1) is 22.5 Å². The Morgan fingerprint density at radius 1 is 0.560 bits per heavy atom. The van der Waals surface area contributed by atoms with Gasteiger partial charge in [0, 0.05) is 12.4 Å². The molecule has 2 aromatic carbocycles. The molecule has 0 radical (unpaired) electrons. The molecular weight excluding hydrogens is 819 g/mol. The fraction of sp³-hybridized carbons (Fsp3) is 0.188. The number of imidazole rings is 2. The van der Waals surface area contributed by atoms with Crippen LogP contribution in [0.4, 0.5) is 0 Å². The third-order valence-electron chi connectivity index (χ3n) is 5.52. The van der Waals surface area contributed by atoms with E-state index < -0.39 is 11.9 Å². The number of aromatic nitrogens is 6. The first-order valence-corrected chi connectivity index (χ1v) is 14.3. The van der Waals surface area contributed by atoms with Crippen LogP contribution in [0, 0.1) is 0 Å². The fourth-order valence-corrected chi connectivity index (χ4v) is 3.42. The number of carbonyl (C=O) groups is 2. The maximum atomic E-state index is 10.8. The van der Waals surface area contributed by atoms with Crippen LogP contribution in [-0.4, -0.2) is 81.4 Å². The van der Waals surface area contributed by atoms with Gasteiger partial charge < -0.3 is 64.6 Å². The molecule has 0 fully saturated rings. The Balaban J connectivity index is 0.000000708. The van der Waals surface area contributed by atoms with Gasteiger partial charge >= 0.3 is 50.9 Å². The Morgan fingerprint density at radius 3 is 1.16 bits per heavy atom. The molecule has 0 aliphatic heterocycles. The SMILES string of the molecule is O=C(O)c1ccnc(-c2cc(C(=O)O)ccn2)c1.[NH-]CC[NH-].[NH-]CC[NH-].[NH-]CC[NH-].[Ru+2].[Ru+6].c1ccc2[n-]c(-c3nc4ccccc4[n-]3)nc2c1. The molecule has 0 bridgehead atoms. The molecule has 8 N–H and O–H groups in total. The van der Waals surface area contributed by atoms with Gasteiger partial charge in [0.15, 0.2) is 0 Å². The zero-order valence-corrected chi connectivity index (χ0v) is 29.9. The number of hydrogen-bond acceptors (Lipinski definition) is 6. The van der Waals surface area contributed by atoms with E-state index in [1.165, 1.54) is 36.7 Å². The number of hydrogen-bond donors (Lipinski definition) is 2. The second-order valence-electron chi connectivity index (χ2n) is 9.04. The van der Waals surface area contributed by atoms with Crippen LogP contribution in [0.5, 0.6) is 0 Å². The molecule has 262 valence electrons. The number of carboxylic acid groups (broad SMARTS) is 2. The van der Waals surface area contributed by atoms with Crippen LogP contribution in [0.25, 0.3) is 79.5 Å². The second-order valence-corrected chi connectivity index (χ2v) is 9.04. The van der Waals surface area contributed by atoms with E-state index in [1.54, 1.807) is 0 Å². The minimum Gasteiger partial charge on any atom is -0.679 e. The van der Waals surface area contributed by atoms with Crippen LogP contribution in [0.3, 0.4) is 0 Å². The van der Waals surface area contributed by atoms with Crippen molar-refractivity contribution in [2.45, 2.75) is 0 Å². The van der Waals surface area contributed by atoms with Gasteiger partial charge in [-0.3, -0.25) is 9.97 Å². The summed E-state index contributed by atoms with van der Waals surface area (Å²) in [7, 11) is 0. The van der Waals surface area contributed by atoms with E-state index in [1.807, 2.05) is 48.5 Å². The van der Waals surface area contributed by atoms with Crippen molar-refractivity contribution in [1.29, 1.82) is 0 Å². The van der Waals surface area contributed by atoms with Crippen LogP contribution in [0.15, 0.2) is 85.2 Å². The minimum atomic E-state index is -1.08. The standard InChI is InChI=1S/C14H8N4.C12H8N2O4.3C2H6N2.2Ru/c1-2-6-10-9(5-1)15-13(16-10)14-17-11-7-3-4-8-12(11)18-14;15-11(16)7-1-3-13-9(5-7)10-6-8(12(17)18)2-4-14-10;3*3-1-2-4;;/h1-8H;1-6H,(H,15,16)(H,17,18);3*3-4H,1-2H2;;/q-2;;3*-2;+2;+6. The van der Waals surface area contributed by atoms with E-state index in [-0.39, 0.29) is 89.4 Å². The number of rotatable bonds is 7. The van der Waals surface area contributed by atoms with Gasteiger partial charge in [-0.15, -0.1) is 0 Å². The summed E-state index contributed by atoms with van der Waals surface area (Å²) in [6, 6.07) is 20.9. The molecule has 0 saturated carbocycles. The first-order chi connectivity index (χ1) is 23.2. The summed E-state index contributed by atoms with van der Waals surface area (Å²) < 4.78 is 0. The summed E-state index contributed by atoms with van der Waals surface area (Å²) in [5, 5.41) is 17.7. The van der Waals surface area contributed by atoms with E-state index in [9.17, 15) is 9.59 Å². The van der Waals surface area contributed by atoms with Crippen molar-refractivity contribution in [2.75, 3.05) is 39.3 Å². The Bertz CT molecular complexity index is 1640. The number of pyridine rings is 2. The molecule has 16 nitrogen and oxygen atoms in total. The average Bonchev–Trinajstić information content (AvgIpc) is 3.77. The second kappa shape index (κ2) is 25.6. The Kier molecular flexibility index (Phi) is 23.3. The van der Waals surface area contributed by atoms with Crippen molar-refractivity contribution in [2.24, 2.45) is 0 Å². The maximum Gasteiger partial charge on any atom is 6.00 e. The molecule has 0 amide bonds. The predicted octanol–water partition coefficient (Wildman–Crippen LogP) is 7.17. The number of aromatic carboxylic acids is 2. The Morgan fingerprint density at radius 2 is 0.880 bits per heavy atom. The summed E-state index contributed by atoms with van der Waals surface area (Å²) in [4.78, 5) is 47.4. The smallest absolute Gasteiger partial charge is 0.679 e. The number of fused-ring (bicyclic) bond motifs is 2. The molecule has 0 saturated heterocycles. The van der Waals surface area contributed by atoms with Crippen LogP contribution in [0.2, 0.25) is 0 Å². The van der Waals surface area contributed by atoms with E-state index in [0.29, 0.717) is 23.0 Å². The fourth-order valence-electron chi connectivity index (χ4n) is 3.42. The van der Waals surface area contributed by atoms with Gasteiger partial charge in [-0.25, -0.2) is 9.59 Å². The summed E-state index contributed by atoms with van der Waals surface area (Å²) in [6.45, 7) is 1.42. The molecule has 4 heterocycles. The summed E-state index contributed by atoms with van der Waals surface area (Å²) in [5.74, 6) is -0.971. The number of nitrogens with one attached hydrogen (secondary N) is 6. The molecule has 0 aliphatic rings. The van der Waals surface area contributed by atoms with Crippen LogP contribution >= 0.6 is 0 Å². The van der Waals surface area contributed by atoms with Gasteiger partial charge in [0.2, 0.25) is 0 Å². The predicted molar refractivity (Wildman–Crippen MR) is 186 cm³/mol. The minimum absolute atomic E-state index is 0. The van der Waals surface area contributed by atoms with Crippen molar-refractivity contribution in [3.8, 4) is 23.0 Å². The third-order valence-corrected chi connectivity index (χ3v) is 5.52. The normalized spacial score (nSPS) is 9.48. The summed E-state index contributed by atoms with van der Waals surface area (Å²) in [6.07, 6.45) is 2.68. The largest absolute Gasteiger partial charge is 6.00 e. The van der Waals surface area contributed by atoms with Crippen LogP contribution in [0.1, 0.15) is 20.7 Å². The van der Waals surface area contributed by atoms with Crippen molar-refractivity contribution < 1.29 is 58.8 Å². The van der Waals surface area contributed by atoms with Crippen LogP contribution < -0.4 is 9.97 Å². The van der Waals surface area contributed by atoms with Gasteiger partial charge in [0.1, 0.15) is 0 Å². The van der Waals surface area contributed by atoms with Crippen molar-refractivity contribution >= 4 is 34.0 Å². The summed E-state index contributed by atoms with van der Waals surface area (Å²) in [5.41, 5.74) is 41.9. The van der Waals surface area contributed by atoms with Gasteiger partial charge in [-0.1, -0.05) is 60.2 Å². The zero-order valence-electron chi connectivity index (χ0n) is 26.4. The molecule has 6 rings (SSSR count). The monoisotopic (exact) mass is 854 g/mol. The maximum absolute atomic E-state index is 10.8. The van der Waals surface area contributed by atoms with Gasteiger partial charge in [-0.05, 0) is 46.3 Å². The van der Waals surface area contributed by atoms with Gasteiger partial charge in [-0.2, -0.15) is 39.3 Å². The molecule has 0 unspecified atom stereocenters. The number of carboxylic acids is 2. The number of nitrogens with zero attached hydrogens (tertiary/aromatic N) is 6. The van der Waals surface area contributed by atoms with E-state index in [4.69, 9.17) is 44.6 Å². The third kappa shape index (κ3) is 15.0. The van der Waals surface area contributed by atoms with E-state index >= 15 is 0 Å². The topological polar surface area (TPSA) is 297 Å². The van der Waals surface area contributed by atoms with E-state index in [0.717, 1.165) is 22.1 Å². The zero-order chi connectivity index (χ0) is 35.3. The van der Waals surface area contributed by atoms with Crippen molar-refractivity contribution in [3.05, 3.63) is 131 Å². The number of benzene rings is 2. The molecule has 18 heteroatoms. The molecular formula is C32H34N12O4Ru2. The summed E-state index contributed by atoms with van der Waals surface area (Å²) >= 11 is 0. The Hall–Kier alpha value is -4.37. The first kappa shape index (κ1) is 45.6. The molecule has 4 aromatic heterocycles. The molecule has 0 spiro atoms. The van der Waals surface area contributed by atoms with Crippen molar-refractivity contribution in [1.82, 2.24) is 29.9 Å². The van der Waals surface area contributed by atoms with E-state index in [2.05, 4.69) is 29.9 Å². The number of para-hydroxylation sites is 4. The molecule has 6 aromatic rings. The first-order valence-electron chi connectivity index (χ1n) is 14.3. The molecule has 0 atom stereocenters. The van der Waals surface area contributed by atoms with Gasteiger partial charge in [0.25, 0.3) is 0 Å². The Labute approximate surface area is 314 Å². The molecule has 0 aliphatic carbocycles. The van der Waals surface area contributed by atoms with Crippen LogP contribution in [-0.2, 0) is 39.0 Å². The molecule has 50 heavy (non-hydrogen) atoms. The van der Waals surface area contributed by atoms with Crippen molar-refractivity contribution in [3.63, 3.8) is 0 Å².